The van der Waals surface area contributed by atoms with Crippen molar-refractivity contribution in [3.8, 4) is 0 Å². The molecule has 0 N–H and O–H groups in total. The van der Waals surface area contributed by atoms with E-state index in [0.717, 1.165) is 15.6 Å². The van der Waals surface area contributed by atoms with Crippen LogP contribution in [-0.2, 0) is 20.9 Å². The van der Waals surface area contributed by atoms with Gasteiger partial charge in [0, 0.05) is 24.5 Å². The lowest BCUT2D eigenvalue weighted by atomic mass is 10.0. The number of nitro groups is 1. The van der Waals surface area contributed by atoms with Gasteiger partial charge in [0.25, 0.3) is 11.6 Å². The first-order valence-corrected chi connectivity index (χ1v) is 11.3. The molecule has 1 saturated heterocycles. The number of pyridine rings is 1. The molecule has 0 spiro atoms. The van der Waals surface area contributed by atoms with Crippen LogP contribution in [0.15, 0.2) is 64.3 Å². The molecule has 10 heteroatoms. The molecule has 0 saturated carbocycles. The third kappa shape index (κ3) is 4.21. The lowest BCUT2D eigenvalue weighted by Gasteiger charge is -2.37. The number of ether oxygens (including phenoxy) is 1. The van der Waals surface area contributed by atoms with Gasteiger partial charge < -0.3 is 4.74 Å². The van der Waals surface area contributed by atoms with Gasteiger partial charge in [-0.15, -0.1) is 11.8 Å². The highest BCUT2D eigenvalue weighted by Crippen LogP contribution is 2.53. The van der Waals surface area contributed by atoms with E-state index in [1.165, 1.54) is 52.7 Å². The third-order valence-electron chi connectivity index (χ3n) is 4.61. The topological polar surface area (TPSA) is 103 Å². The van der Waals surface area contributed by atoms with Crippen molar-refractivity contribution in [3.63, 3.8) is 0 Å². The fourth-order valence-corrected chi connectivity index (χ4v) is 5.71. The minimum atomic E-state index is -0.585. The van der Waals surface area contributed by atoms with Crippen molar-refractivity contribution >= 4 is 47.2 Å². The van der Waals surface area contributed by atoms with Gasteiger partial charge in [0.15, 0.2) is 5.70 Å². The largest absolute Gasteiger partial charge is 0.456 e. The van der Waals surface area contributed by atoms with Gasteiger partial charge in [0.1, 0.15) is 12.0 Å². The normalized spacial score (nSPS) is 18.7. The van der Waals surface area contributed by atoms with Gasteiger partial charge >= 0.3 is 5.97 Å². The minimum absolute atomic E-state index is 0.0337. The molecule has 31 heavy (non-hydrogen) atoms. The zero-order chi connectivity index (χ0) is 22.0. The number of benzene rings is 1. The summed E-state index contributed by atoms with van der Waals surface area (Å²) in [6, 6.07) is 9.46. The van der Waals surface area contributed by atoms with Gasteiger partial charge in [-0.25, -0.2) is 4.79 Å². The number of hydrogen-bond donors (Lipinski definition) is 0. The number of non-ortho nitro benzene ring substituents is 1. The van der Waals surface area contributed by atoms with Crippen LogP contribution in [0.4, 0.5) is 5.69 Å². The number of thioether (sulfide) groups is 2. The van der Waals surface area contributed by atoms with Crippen LogP contribution in [0.5, 0.6) is 0 Å². The van der Waals surface area contributed by atoms with E-state index in [1.807, 2.05) is 13.0 Å². The molecular formula is C21H17N3O5S2. The van der Waals surface area contributed by atoms with Gasteiger partial charge in [-0.05, 0) is 41.2 Å². The van der Waals surface area contributed by atoms with Crippen LogP contribution in [0.2, 0.25) is 0 Å². The van der Waals surface area contributed by atoms with E-state index in [9.17, 15) is 19.7 Å². The van der Waals surface area contributed by atoms with Crippen molar-refractivity contribution in [2.45, 2.75) is 18.9 Å². The maximum absolute atomic E-state index is 12.8. The van der Waals surface area contributed by atoms with Gasteiger partial charge in [0.2, 0.25) is 0 Å². The molecule has 0 bridgehead atoms. The molecule has 1 aromatic carbocycles. The standard InChI is InChI=1S/C21H17N3O5S2/c1-2-30-21-17(20(26)29-12-13-5-7-15(8-6-13)24(27)28)23-18(25)16(19(23)31-21)10-14-4-3-9-22-11-14/h3-11,19H,2,12H2,1H3/b16-10-. The lowest BCUT2D eigenvalue weighted by Crippen LogP contribution is -2.51. The summed E-state index contributed by atoms with van der Waals surface area (Å²) in [5, 5.41) is 10.5. The summed E-state index contributed by atoms with van der Waals surface area (Å²) in [4.78, 5) is 41.4. The van der Waals surface area contributed by atoms with Gasteiger partial charge in [0.05, 0.1) is 14.7 Å². The average molecular weight is 456 g/mol. The Labute approximate surface area is 186 Å². The van der Waals surface area contributed by atoms with E-state index in [2.05, 4.69) is 4.98 Å². The number of amides is 1. The fourth-order valence-electron chi connectivity index (χ4n) is 3.13. The molecule has 1 fully saturated rings. The summed E-state index contributed by atoms with van der Waals surface area (Å²) in [7, 11) is 0. The van der Waals surface area contributed by atoms with Crippen LogP contribution >= 0.6 is 23.5 Å². The Morgan fingerprint density at radius 3 is 2.77 bits per heavy atom. The molecule has 1 unspecified atom stereocenters. The number of nitro benzene ring substituents is 1. The van der Waals surface area contributed by atoms with Gasteiger partial charge in [-0.2, -0.15) is 0 Å². The van der Waals surface area contributed by atoms with Crippen LogP contribution in [0.3, 0.4) is 0 Å². The highest BCUT2D eigenvalue weighted by atomic mass is 32.2. The molecule has 2 aromatic rings. The number of carbonyl (C=O) groups is 2. The molecular weight excluding hydrogens is 438 g/mol. The van der Waals surface area contributed by atoms with Crippen molar-refractivity contribution in [1.82, 2.24) is 9.88 Å². The molecule has 4 rings (SSSR count). The SMILES string of the molecule is CCSC1=C(C(=O)OCc2ccc([N+](=O)[O-])cc2)N2C(=O)/C(=C/c3cccnc3)C2S1. The predicted octanol–water partition coefficient (Wildman–Crippen LogP) is 3.95. The Bertz CT molecular complexity index is 1100. The Balaban J connectivity index is 1.49. The number of β-lactam (4-membered cyclic amide) rings is 1. The number of aromatic nitrogens is 1. The molecule has 0 radical (unpaired) electrons. The van der Waals surface area contributed by atoms with E-state index in [4.69, 9.17) is 4.74 Å². The van der Waals surface area contributed by atoms with E-state index in [-0.39, 0.29) is 29.3 Å². The first-order chi connectivity index (χ1) is 15.0. The van der Waals surface area contributed by atoms with Crippen LogP contribution < -0.4 is 0 Å². The number of hydrogen-bond acceptors (Lipinski definition) is 8. The summed E-state index contributed by atoms with van der Waals surface area (Å²) >= 11 is 2.96. The van der Waals surface area contributed by atoms with Gasteiger partial charge in [-0.1, -0.05) is 24.8 Å². The Kier molecular flexibility index (Phi) is 6.10. The molecule has 2 aliphatic heterocycles. The lowest BCUT2D eigenvalue weighted by molar-refractivity contribution is -0.384. The number of rotatable bonds is 7. The van der Waals surface area contributed by atoms with Crippen molar-refractivity contribution in [1.29, 1.82) is 0 Å². The average Bonchev–Trinajstić information content (AvgIpc) is 3.12. The van der Waals surface area contributed by atoms with Crippen LogP contribution in [0.1, 0.15) is 18.1 Å². The molecule has 1 aromatic heterocycles. The van der Waals surface area contributed by atoms with Crippen LogP contribution in [0, 0.1) is 10.1 Å². The number of nitrogens with zero attached hydrogens (tertiary/aromatic N) is 3. The summed E-state index contributed by atoms with van der Waals surface area (Å²) in [5.74, 6) is -0.0638. The minimum Gasteiger partial charge on any atom is -0.456 e. The van der Waals surface area contributed by atoms with E-state index >= 15 is 0 Å². The van der Waals surface area contributed by atoms with E-state index < -0.39 is 10.9 Å². The zero-order valence-electron chi connectivity index (χ0n) is 16.4. The first kappa shape index (κ1) is 21.1. The van der Waals surface area contributed by atoms with Crippen molar-refractivity contribution in [2.24, 2.45) is 0 Å². The first-order valence-electron chi connectivity index (χ1n) is 9.39. The number of esters is 1. The maximum atomic E-state index is 12.8. The summed E-state index contributed by atoms with van der Waals surface area (Å²) in [6.45, 7) is 1.93. The quantitative estimate of drug-likeness (QED) is 0.203. The Hall–Kier alpha value is -3.11. The fraction of sp³-hybridized carbons (Fsp3) is 0.190. The monoisotopic (exact) mass is 455 g/mol. The van der Waals surface area contributed by atoms with E-state index in [1.54, 1.807) is 24.5 Å². The molecule has 3 heterocycles. The second-order valence-corrected chi connectivity index (χ2v) is 9.22. The predicted molar refractivity (Wildman–Crippen MR) is 118 cm³/mol. The van der Waals surface area contributed by atoms with Crippen molar-refractivity contribution in [2.75, 3.05) is 5.75 Å². The van der Waals surface area contributed by atoms with Crippen molar-refractivity contribution < 1.29 is 19.2 Å². The molecule has 1 atom stereocenters. The Morgan fingerprint density at radius 2 is 2.13 bits per heavy atom. The van der Waals surface area contributed by atoms with Crippen molar-refractivity contribution in [3.05, 3.63) is 85.5 Å². The molecule has 1 amide bonds. The third-order valence-corrected chi connectivity index (χ3v) is 7.09. The number of fused-ring (bicyclic) bond motifs is 1. The Morgan fingerprint density at radius 1 is 1.35 bits per heavy atom. The van der Waals surface area contributed by atoms with Gasteiger partial charge in [-0.3, -0.25) is 24.8 Å². The summed E-state index contributed by atoms with van der Waals surface area (Å²) in [6.07, 6.45) is 5.14. The summed E-state index contributed by atoms with van der Waals surface area (Å²) in [5.41, 5.74) is 2.29. The molecule has 2 aliphatic rings. The van der Waals surface area contributed by atoms with E-state index in [0.29, 0.717) is 11.1 Å². The second-order valence-electron chi connectivity index (χ2n) is 6.60. The molecule has 0 aliphatic carbocycles. The van der Waals surface area contributed by atoms with Crippen LogP contribution in [0.25, 0.3) is 6.08 Å². The zero-order valence-corrected chi connectivity index (χ0v) is 18.0. The highest BCUT2D eigenvalue weighted by Gasteiger charge is 2.52. The highest BCUT2D eigenvalue weighted by molar-refractivity contribution is 8.22. The molecule has 8 nitrogen and oxygen atoms in total. The maximum Gasteiger partial charge on any atom is 0.357 e. The number of carbonyl (C=O) groups excluding carboxylic acids is 2. The van der Waals surface area contributed by atoms with Crippen LogP contribution in [-0.4, -0.2) is 37.8 Å². The smallest absolute Gasteiger partial charge is 0.357 e. The second kappa shape index (κ2) is 8.94. The molecule has 158 valence electrons. The summed E-state index contributed by atoms with van der Waals surface area (Å²) < 4.78 is 6.18.